The number of hydrogen-bond donors (Lipinski definition) is 1. The van der Waals surface area contributed by atoms with Gasteiger partial charge in [0.1, 0.15) is 5.82 Å². The Labute approximate surface area is 134 Å². The fraction of sp³-hybridized carbons (Fsp3) is 0.571. The third-order valence-corrected chi connectivity index (χ3v) is 5.03. The second-order valence-corrected chi connectivity index (χ2v) is 7.21. The summed E-state index contributed by atoms with van der Waals surface area (Å²) in [5.74, 6) is -0.650. The molecule has 1 unspecified atom stereocenters. The Morgan fingerprint density at radius 1 is 1.45 bits per heavy atom. The van der Waals surface area contributed by atoms with E-state index in [1.54, 1.807) is 0 Å². The zero-order valence-corrected chi connectivity index (χ0v) is 13.6. The van der Waals surface area contributed by atoms with Crippen LogP contribution in [0.1, 0.15) is 19.3 Å². The summed E-state index contributed by atoms with van der Waals surface area (Å²) in [6, 6.07) is 3.30. The lowest BCUT2D eigenvalue weighted by molar-refractivity contribution is 0.0169. The van der Waals surface area contributed by atoms with E-state index in [0.717, 1.165) is 31.6 Å². The lowest BCUT2D eigenvalue weighted by atomic mass is 10.2. The SMILES string of the molecule is O=S(=O)(NCCCOCC1CCCO1)c1ccc(F)c(Cl)c1. The molecule has 5 nitrogen and oxygen atoms in total. The van der Waals surface area contributed by atoms with Crippen molar-refractivity contribution >= 4 is 21.6 Å². The van der Waals surface area contributed by atoms with Gasteiger partial charge in [-0.3, -0.25) is 0 Å². The third-order valence-electron chi connectivity index (χ3n) is 3.29. The van der Waals surface area contributed by atoms with E-state index in [-0.39, 0.29) is 22.6 Å². The fourth-order valence-electron chi connectivity index (χ4n) is 2.10. The first-order valence-corrected chi connectivity index (χ1v) is 8.99. The quantitative estimate of drug-likeness (QED) is 0.730. The molecule has 22 heavy (non-hydrogen) atoms. The van der Waals surface area contributed by atoms with E-state index in [0.29, 0.717) is 19.6 Å². The van der Waals surface area contributed by atoms with Gasteiger partial charge in [-0.05, 0) is 37.5 Å². The van der Waals surface area contributed by atoms with Gasteiger partial charge < -0.3 is 9.47 Å². The van der Waals surface area contributed by atoms with Gasteiger partial charge in [0, 0.05) is 19.8 Å². The van der Waals surface area contributed by atoms with E-state index in [2.05, 4.69) is 4.72 Å². The van der Waals surface area contributed by atoms with Crippen molar-refractivity contribution in [3.63, 3.8) is 0 Å². The molecule has 124 valence electrons. The van der Waals surface area contributed by atoms with Gasteiger partial charge >= 0.3 is 0 Å². The number of ether oxygens (including phenoxy) is 2. The maximum absolute atomic E-state index is 13.0. The monoisotopic (exact) mass is 351 g/mol. The summed E-state index contributed by atoms with van der Waals surface area (Å²) in [6.07, 6.45) is 2.78. The fourth-order valence-corrected chi connectivity index (χ4v) is 3.44. The maximum Gasteiger partial charge on any atom is 0.240 e. The number of sulfonamides is 1. The number of nitrogens with one attached hydrogen (secondary N) is 1. The molecule has 0 amide bonds. The van der Waals surface area contributed by atoms with Crippen molar-refractivity contribution in [3.8, 4) is 0 Å². The number of halogens is 2. The first kappa shape index (κ1) is 17.6. The summed E-state index contributed by atoms with van der Waals surface area (Å²) in [4.78, 5) is -0.0563. The lowest BCUT2D eigenvalue weighted by Crippen LogP contribution is -2.26. The summed E-state index contributed by atoms with van der Waals surface area (Å²) < 4.78 is 50.3. The molecule has 2 rings (SSSR count). The van der Waals surface area contributed by atoms with Crippen molar-refractivity contribution < 1.29 is 22.3 Å². The normalized spacial score (nSPS) is 18.7. The Bertz CT molecular complexity index is 591. The van der Waals surface area contributed by atoms with Gasteiger partial charge in [0.25, 0.3) is 0 Å². The van der Waals surface area contributed by atoms with Gasteiger partial charge in [-0.2, -0.15) is 0 Å². The molecule has 0 spiro atoms. The highest BCUT2D eigenvalue weighted by Crippen LogP contribution is 2.19. The molecule has 1 aliphatic rings. The zero-order valence-electron chi connectivity index (χ0n) is 12.1. The molecule has 0 radical (unpaired) electrons. The molecular weight excluding hydrogens is 333 g/mol. The van der Waals surface area contributed by atoms with Crippen LogP contribution in [0.4, 0.5) is 4.39 Å². The molecule has 0 aromatic heterocycles. The Morgan fingerprint density at radius 2 is 2.27 bits per heavy atom. The van der Waals surface area contributed by atoms with Crippen LogP contribution < -0.4 is 4.72 Å². The minimum atomic E-state index is -3.68. The maximum atomic E-state index is 13.0. The molecule has 1 N–H and O–H groups in total. The van der Waals surface area contributed by atoms with Crippen LogP contribution in [0.2, 0.25) is 5.02 Å². The molecule has 1 aliphatic heterocycles. The summed E-state index contributed by atoms with van der Waals surface area (Å²) >= 11 is 5.59. The van der Waals surface area contributed by atoms with Crippen molar-refractivity contribution in [2.24, 2.45) is 0 Å². The highest BCUT2D eigenvalue weighted by Gasteiger charge is 2.16. The first-order valence-electron chi connectivity index (χ1n) is 7.13. The van der Waals surface area contributed by atoms with Crippen molar-refractivity contribution in [3.05, 3.63) is 29.0 Å². The van der Waals surface area contributed by atoms with E-state index < -0.39 is 15.8 Å². The van der Waals surface area contributed by atoms with Crippen LogP contribution >= 0.6 is 11.6 Å². The summed E-state index contributed by atoms with van der Waals surface area (Å²) in [6.45, 7) is 2.02. The van der Waals surface area contributed by atoms with E-state index in [1.807, 2.05) is 0 Å². The van der Waals surface area contributed by atoms with Crippen LogP contribution in [0.15, 0.2) is 23.1 Å². The minimum Gasteiger partial charge on any atom is -0.379 e. The van der Waals surface area contributed by atoms with Crippen molar-refractivity contribution in [2.45, 2.75) is 30.3 Å². The molecule has 1 atom stereocenters. The molecular formula is C14H19ClFNO4S. The predicted molar refractivity (Wildman–Crippen MR) is 81.0 cm³/mol. The van der Waals surface area contributed by atoms with E-state index in [1.165, 1.54) is 6.07 Å². The van der Waals surface area contributed by atoms with Crippen LogP contribution in [0.25, 0.3) is 0 Å². The van der Waals surface area contributed by atoms with Gasteiger partial charge in [0.2, 0.25) is 10.0 Å². The van der Waals surface area contributed by atoms with Gasteiger partial charge in [0.15, 0.2) is 0 Å². The van der Waals surface area contributed by atoms with Crippen LogP contribution in [0.5, 0.6) is 0 Å². The molecule has 1 saturated heterocycles. The zero-order chi connectivity index (χ0) is 16.0. The smallest absolute Gasteiger partial charge is 0.240 e. The first-order chi connectivity index (χ1) is 10.5. The Kier molecular flexibility index (Phi) is 6.58. The third kappa shape index (κ3) is 5.17. The summed E-state index contributed by atoms with van der Waals surface area (Å²) in [5.41, 5.74) is 0. The second kappa shape index (κ2) is 8.21. The summed E-state index contributed by atoms with van der Waals surface area (Å²) in [7, 11) is -3.68. The number of benzene rings is 1. The molecule has 1 aromatic carbocycles. The molecule has 0 aliphatic carbocycles. The Balaban J connectivity index is 1.69. The largest absolute Gasteiger partial charge is 0.379 e. The summed E-state index contributed by atoms with van der Waals surface area (Å²) in [5, 5.41) is -0.220. The average Bonchev–Trinajstić information content (AvgIpc) is 2.98. The predicted octanol–water partition coefficient (Wildman–Crippen LogP) is 2.34. The molecule has 0 saturated carbocycles. The van der Waals surface area contributed by atoms with Crippen molar-refractivity contribution in [1.29, 1.82) is 0 Å². The number of rotatable bonds is 8. The lowest BCUT2D eigenvalue weighted by Gasteiger charge is -2.10. The molecule has 0 bridgehead atoms. The highest BCUT2D eigenvalue weighted by molar-refractivity contribution is 7.89. The Morgan fingerprint density at radius 3 is 2.95 bits per heavy atom. The molecule has 8 heteroatoms. The van der Waals surface area contributed by atoms with Gasteiger partial charge in [-0.1, -0.05) is 11.6 Å². The van der Waals surface area contributed by atoms with Crippen LogP contribution in [-0.4, -0.2) is 40.9 Å². The highest BCUT2D eigenvalue weighted by atomic mass is 35.5. The molecule has 1 aromatic rings. The average molecular weight is 352 g/mol. The van der Waals surface area contributed by atoms with Crippen molar-refractivity contribution in [1.82, 2.24) is 4.72 Å². The van der Waals surface area contributed by atoms with Crippen molar-refractivity contribution in [2.75, 3.05) is 26.4 Å². The van der Waals surface area contributed by atoms with E-state index in [9.17, 15) is 12.8 Å². The molecule has 1 heterocycles. The second-order valence-electron chi connectivity index (χ2n) is 5.04. The number of hydrogen-bond acceptors (Lipinski definition) is 4. The van der Waals surface area contributed by atoms with Gasteiger partial charge in [-0.15, -0.1) is 0 Å². The minimum absolute atomic E-state index is 0.0563. The van der Waals surface area contributed by atoms with Gasteiger partial charge in [0.05, 0.1) is 22.6 Å². The topological polar surface area (TPSA) is 64.6 Å². The van der Waals surface area contributed by atoms with E-state index in [4.69, 9.17) is 21.1 Å². The van der Waals surface area contributed by atoms with Gasteiger partial charge in [-0.25, -0.2) is 17.5 Å². The van der Waals surface area contributed by atoms with E-state index >= 15 is 0 Å². The molecule has 1 fully saturated rings. The standard InChI is InChI=1S/C14H19ClFNO4S/c15-13-9-12(4-5-14(13)16)22(18,19)17-6-2-7-20-10-11-3-1-8-21-11/h4-5,9,11,17H,1-3,6-8,10H2. The van der Waals surface area contributed by atoms with Crippen LogP contribution in [-0.2, 0) is 19.5 Å². The van der Waals surface area contributed by atoms with Crippen LogP contribution in [0, 0.1) is 5.82 Å². The Hall–Kier alpha value is -0.730. The van der Waals surface area contributed by atoms with Crippen LogP contribution in [0.3, 0.4) is 0 Å².